The number of nitrogens with two attached hydrogens (primary N) is 1. The van der Waals surface area contributed by atoms with E-state index >= 15 is 0 Å². The zero-order valence-electron chi connectivity index (χ0n) is 11.1. The van der Waals surface area contributed by atoms with Crippen LogP contribution in [0.3, 0.4) is 0 Å². The number of carbonyl (C=O) groups excluding carboxylic acids is 1. The number of ether oxygens (including phenoxy) is 2. The van der Waals surface area contributed by atoms with Gasteiger partial charge in [0.2, 0.25) is 0 Å². The molecule has 106 valence electrons. The first kappa shape index (κ1) is 13.9. The molecule has 0 aliphatic rings. The molecule has 0 bridgehead atoms. The minimum absolute atomic E-state index is 0.0122. The van der Waals surface area contributed by atoms with Gasteiger partial charge in [-0.3, -0.25) is 4.57 Å². The van der Waals surface area contributed by atoms with Crippen LogP contribution in [-0.4, -0.2) is 29.2 Å². The van der Waals surface area contributed by atoms with Crippen molar-refractivity contribution in [3.05, 3.63) is 36.0 Å². The number of hydrogen-bond acceptors (Lipinski definition) is 5. The fourth-order valence-corrected chi connectivity index (χ4v) is 1.73. The lowest BCUT2D eigenvalue weighted by molar-refractivity contribution is 0.0596. The van der Waals surface area contributed by atoms with Gasteiger partial charge in [-0.2, -0.15) is 0 Å². The number of rotatable bonds is 4. The molecule has 0 fully saturated rings. The van der Waals surface area contributed by atoms with E-state index in [1.165, 1.54) is 30.1 Å². The third-order valence-corrected chi connectivity index (χ3v) is 2.68. The van der Waals surface area contributed by atoms with Crippen molar-refractivity contribution in [1.29, 1.82) is 0 Å². The van der Waals surface area contributed by atoms with E-state index < -0.39 is 11.8 Å². The van der Waals surface area contributed by atoms with E-state index in [1.54, 1.807) is 13.0 Å². The van der Waals surface area contributed by atoms with E-state index in [9.17, 15) is 9.18 Å². The predicted molar refractivity (Wildman–Crippen MR) is 70.4 cm³/mol. The van der Waals surface area contributed by atoms with Crippen LogP contribution in [0.5, 0.6) is 5.75 Å². The molecule has 2 aromatic rings. The summed E-state index contributed by atoms with van der Waals surface area (Å²) in [6.07, 6.45) is 1.33. The lowest BCUT2D eigenvalue weighted by Gasteiger charge is -2.08. The number of methoxy groups -OCH3 is 1. The van der Waals surface area contributed by atoms with Crippen molar-refractivity contribution in [2.45, 2.75) is 6.92 Å². The number of anilines is 1. The lowest BCUT2D eigenvalue weighted by Crippen LogP contribution is -2.07. The average Bonchev–Trinajstić information content (AvgIpc) is 2.82. The quantitative estimate of drug-likeness (QED) is 0.863. The third kappa shape index (κ3) is 2.42. The summed E-state index contributed by atoms with van der Waals surface area (Å²) in [4.78, 5) is 15.3. The maximum absolute atomic E-state index is 13.8. The first-order valence-corrected chi connectivity index (χ1v) is 5.92. The monoisotopic (exact) mass is 279 g/mol. The third-order valence-electron chi connectivity index (χ3n) is 2.68. The summed E-state index contributed by atoms with van der Waals surface area (Å²) in [6.45, 7) is 2.14. The molecule has 0 amide bonds. The molecule has 20 heavy (non-hydrogen) atoms. The Hall–Kier alpha value is -2.57. The Morgan fingerprint density at radius 1 is 1.50 bits per heavy atom. The summed E-state index contributed by atoms with van der Waals surface area (Å²) in [6, 6.07) is 4.36. The number of esters is 1. The summed E-state index contributed by atoms with van der Waals surface area (Å²) < 4.78 is 24.9. The summed E-state index contributed by atoms with van der Waals surface area (Å²) in [5.74, 6) is -0.923. The molecule has 0 saturated carbocycles. The molecular weight excluding hydrogens is 265 g/mol. The van der Waals surface area contributed by atoms with Gasteiger partial charge >= 0.3 is 5.97 Å². The summed E-state index contributed by atoms with van der Waals surface area (Å²) in [5, 5.41) is 0. The molecule has 0 aliphatic heterocycles. The molecule has 1 heterocycles. The Labute approximate surface area is 114 Å². The minimum Gasteiger partial charge on any atom is -0.491 e. The highest BCUT2D eigenvalue weighted by molar-refractivity contribution is 5.92. The average molecular weight is 279 g/mol. The van der Waals surface area contributed by atoms with E-state index in [-0.39, 0.29) is 17.3 Å². The largest absolute Gasteiger partial charge is 0.491 e. The van der Waals surface area contributed by atoms with Crippen molar-refractivity contribution < 1.29 is 18.7 Å². The lowest BCUT2D eigenvalue weighted by atomic mass is 10.3. The van der Waals surface area contributed by atoms with Crippen LogP contribution >= 0.6 is 0 Å². The summed E-state index contributed by atoms with van der Waals surface area (Å²) >= 11 is 0. The number of nitrogen functional groups attached to an aromatic ring is 1. The Balaban J connectivity index is 2.40. The van der Waals surface area contributed by atoms with Crippen LogP contribution in [0.2, 0.25) is 0 Å². The van der Waals surface area contributed by atoms with Crippen LogP contribution in [0, 0.1) is 5.82 Å². The first-order valence-electron chi connectivity index (χ1n) is 5.92. The molecule has 2 rings (SSSR count). The number of aromatic nitrogens is 2. The number of nitrogens with zero attached hydrogens (tertiary/aromatic N) is 2. The van der Waals surface area contributed by atoms with Gasteiger partial charge < -0.3 is 15.2 Å². The van der Waals surface area contributed by atoms with E-state index in [1.807, 2.05) is 0 Å². The fourth-order valence-electron chi connectivity index (χ4n) is 1.73. The van der Waals surface area contributed by atoms with Gasteiger partial charge in [0.05, 0.1) is 19.4 Å². The Bertz CT molecular complexity index is 640. The molecule has 0 radical (unpaired) electrons. The highest BCUT2D eigenvalue weighted by Gasteiger charge is 2.17. The molecule has 0 aliphatic carbocycles. The van der Waals surface area contributed by atoms with Crippen LogP contribution in [-0.2, 0) is 4.74 Å². The van der Waals surface area contributed by atoms with Crippen LogP contribution in [0.15, 0.2) is 24.5 Å². The Morgan fingerprint density at radius 3 is 2.85 bits per heavy atom. The SMILES string of the molecule is CCOc1ccc(-n2cnc(C(=O)OC)c2N)cc1F. The second-order valence-electron chi connectivity index (χ2n) is 3.89. The highest BCUT2D eigenvalue weighted by atomic mass is 19.1. The van der Waals surface area contributed by atoms with E-state index in [0.717, 1.165) is 0 Å². The highest BCUT2D eigenvalue weighted by Crippen LogP contribution is 2.23. The van der Waals surface area contributed by atoms with Crippen LogP contribution in [0.1, 0.15) is 17.4 Å². The van der Waals surface area contributed by atoms with Crippen molar-refractivity contribution in [2.75, 3.05) is 19.5 Å². The van der Waals surface area contributed by atoms with Gasteiger partial charge in [-0.15, -0.1) is 0 Å². The van der Waals surface area contributed by atoms with Gasteiger partial charge in [-0.1, -0.05) is 0 Å². The van der Waals surface area contributed by atoms with Gasteiger partial charge in [0.1, 0.15) is 12.1 Å². The number of hydrogen-bond donors (Lipinski definition) is 1. The molecular formula is C13H14FN3O3. The number of imidazole rings is 1. The molecule has 0 atom stereocenters. The second-order valence-corrected chi connectivity index (χ2v) is 3.89. The normalized spacial score (nSPS) is 10.3. The molecule has 6 nitrogen and oxygen atoms in total. The number of benzene rings is 1. The minimum atomic E-state index is -0.646. The zero-order valence-corrected chi connectivity index (χ0v) is 11.1. The van der Waals surface area contributed by atoms with Crippen molar-refractivity contribution in [2.24, 2.45) is 0 Å². The Morgan fingerprint density at radius 2 is 2.25 bits per heavy atom. The number of halogens is 1. The maximum atomic E-state index is 13.8. The molecule has 0 spiro atoms. The molecule has 0 saturated heterocycles. The van der Waals surface area contributed by atoms with Gasteiger partial charge in [-0.05, 0) is 19.1 Å². The first-order chi connectivity index (χ1) is 9.58. The van der Waals surface area contributed by atoms with Crippen LogP contribution in [0.25, 0.3) is 5.69 Å². The van der Waals surface area contributed by atoms with Gasteiger partial charge in [0.15, 0.2) is 17.3 Å². The van der Waals surface area contributed by atoms with E-state index in [0.29, 0.717) is 12.3 Å². The van der Waals surface area contributed by atoms with Gasteiger partial charge in [-0.25, -0.2) is 14.2 Å². The Kier molecular flexibility index (Phi) is 3.88. The number of carbonyl (C=O) groups is 1. The topological polar surface area (TPSA) is 79.4 Å². The van der Waals surface area contributed by atoms with Crippen molar-refractivity contribution in [3.8, 4) is 11.4 Å². The molecule has 0 unspecified atom stereocenters. The molecule has 2 N–H and O–H groups in total. The van der Waals surface area contributed by atoms with Gasteiger partial charge in [0.25, 0.3) is 0 Å². The van der Waals surface area contributed by atoms with Crippen LogP contribution < -0.4 is 10.5 Å². The smallest absolute Gasteiger partial charge is 0.360 e. The zero-order chi connectivity index (χ0) is 14.7. The summed E-state index contributed by atoms with van der Waals surface area (Å²) in [7, 11) is 1.23. The van der Waals surface area contributed by atoms with E-state index in [4.69, 9.17) is 10.5 Å². The maximum Gasteiger partial charge on any atom is 0.360 e. The van der Waals surface area contributed by atoms with Crippen molar-refractivity contribution in [3.63, 3.8) is 0 Å². The van der Waals surface area contributed by atoms with Crippen molar-refractivity contribution in [1.82, 2.24) is 9.55 Å². The predicted octanol–water partition coefficient (Wildman–Crippen LogP) is 1.78. The molecule has 1 aromatic heterocycles. The second kappa shape index (κ2) is 5.60. The van der Waals surface area contributed by atoms with Crippen molar-refractivity contribution >= 4 is 11.8 Å². The fraction of sp³-hybridized carbons (Fsp3) is 0.231. The van der Waals surface area contributed by atoms with E-state index in [2.05, 4.69) is 9.72 Å². The molecule has 7 heteroatoms. The standard InChI is InChI=1S/C13H14FN3O3/c1-3-20-10-5-4-8(6-9(10)14)17-7-16-11(12(17)15)13(18)19-2/h4-7H,3,15H2,1-2H3. The summed E-state index contributed by atoms with van der Waals surface area (Å²) in [5.41, 5.74) is 6.23. The van der Waals surface area contributed by atoms with Crippen LogP contribution in [0.4, 0.5) is 10.2 Å². The van der Waals surface area contributed by atoms with Gasteiger partial charge in [0, 0.05) is 6.07 Å². The molecule has 1 aromatic carbocycles.